The first kappa shape index (κ1) is 103. The predicted molar refractivity (Wildman–Crippen MR) is 432 cm³/mol. The highest BCUT2D eigenvalue weighted by Gasteiger charge is 2.30. The molecule has 0 aliphatic heterocycles. The highest BCUT2D eigenvalue weighted by Crippen LogP contribution is 2.45. The Balaban J connectivity index is 5.29. The van der Waals surface area contributed by atoms with Crippen LogP contribution in [0.2, 0.25) is 0 Å². The summed E-state index contributed by atoms with van der Waals surface area (Å²) in [5.41, 5.74) is 0. The van der Waals surface area contributed by atoms with Gasteiger partial charge in [-0.15, -0.1) is 0 Å². The fourth-order valence-corrected chi connectivity index (χ4v) is 14.5. The minimum atomic E-state index is -4.97. The third-order valence-electron chi connectivity index (χ3n) is 19.7. The molecule has 0 rings (SSSR count). The lowest BCUT2D eigenvalue weighted by atomic mass is 10.0. The number of aliphatic hydroxyl groups excluding tert-OH is 1. The zero-order chi connectivity index (χ0) is 76.9. The van der Waals surface area contributed by atoms with Gasteiger partial charge in [0.2, 0.25) is 0 Å². The van der Waals surface area contributed by atoms with E-state index in [4.69, 9.17) is 37.0 Å². The van der Waals surface area contributed by atoms with Crippen LogP contribution in [-0.4, -0.2) is 96.7 Å². The predicted octanol–water partition coefficient (Wildman–Crippen LogP) is 25.9. The lowest BCUT2D eigenvalue weighted by Gasteiger charge is -2.21. The van der Waals surface area contributed by atoms with Gasteiger partial charge in [0, 0.05) is 25.7 Å². The molecule has 0 saturated carbocycles. The zero-order valence-electron chi connectivity index (χ0n) is 68.4. The molecular weight excluding hydrogens is 1370 g/mol. The van der Waals surface area contributed by atoms with Crippen molar-refractivity contribution in [3.05, 3.63) is 24.3 Å². The average Bonchev–Trinajstić information content (AvgIpc) is 0.916. The van der Waals surface area contributed by atoms with Gasteiger partial charge in [0.1, 0.15) is 19.3 Å². The van der Waals surface area contributed by atoms with Crippen LogP contribution in [0.15, 0.2) is 24.3 Å². The third kappa shape index (κ3) is 79.4. The van der Waals surface area contributed by atoms with E-state index in [9.17, 15) is 43.2 Å². The summed E-state index contributed by atoms with van der Waals surface area (Å²) in [5, 5.41) is 10.7. The Hall–Kier alpha value is -2.46. The van der Waals surface area contributed by atoms with Gasteiger partial charge in [-0.3, -0.25) is 37.3 Å². The van der Waals surface area contributed by atoms with Crippen LogP contribution in [0, 0.1) is 5.92 Å². The van der Waals surface area contributed by atoms with Gasteiger partial charge in [-0.05, 0) is 57.3 Å². The van der Waals surface area contributed by atoms with Crippen molar-refractivity contribution in [2.75, 3.05) is 39.6 Å². The van der Waals surface area contributed by atoms with Crippen molar-refractivity contribution in [2.24, 2.45) is 5.92 Å². The monoisotopic (exact) mass is 1530 g/mol. The Morgan fingerprint density at radius 1 is 0.295 bits per heavy atom. The second kappa shape index (κ2) is 78.2. The van der Waals surface area contributed by atoms with Gasteiger partial charge in [0.05, 0.1) is 26.4 Å². The number of esters is 4. The number of phosphoric ester groups is 2. The summed E-state index contributed by atoms with van der Waals surface area (Å²) in [5.74, 6) is -1.32. The first-order valence-electron chi connectivity index (χ1n) is 44.0. The van der Waals surface area contributed by atoms with Crippen LogP contribution in [0.25, 0.3) is 0 Å². The molecule has 0 bridgehead atoms. The first-order chi connectivity index (χ1) is 51.0. The molecule has 0 spiro atoms. The molecule has 5 atom stereocenters. The topological polar surface area (TPSA) is 237 Å². The molecule has 0 aliphatic carbocycles. The quantitative estimate of drug-likeness (QED) is 0.0169. The van der Waals surface area contributed by atoms with Crippen molar-refractivity contribution in [2.45, 2.75) is 457 Å². The molecule has 3 N–H and O–H groups in total. The Kier molecular flexibility index (Phi) is 76.4. The Bertz CT molecular complexity index is 2090. The fourth-order valence-electron chi connectivity index (χ4n) is 12.9. The van der Waals surface area contributed by atoms with Gasteiger partial charge in [-0.2, -0.15) is 0 Å². The largest absolute Gasteiger partial charge is 0.472 e. The van der Waals surface area contributed by atoms with E-state index in [1.54, 1.807) is 0 Å². The van der Waals surface area contributed by atoms with Crippen molar-refractivity contribution in [3.63, 3.8) is 0 Å². The minimum Gasteiger partial charge on any atom is -0.462 e. The van der Waals surface area contributed by atoms with E-state index in [2.05, 4.69) is 58.9 Å². The molecule has 17 nitrogen and oxygen atoms in total. The van der Waals surface area contributed by atoms with Crippen LogP contribution in [0.3, 0.4) is 0 Å². The summed E-state index contributed by atoms with van der Waals surface area (Å²) in [6.07, 6.45) is 74.3. The maximum atomic E-state index is 13.1. The number of rotatable bonds is 84. The summed E-state index contributed by atoms with van der Waals surface area (Å²) in [6.45, 7) is 7.33. The SMILES string of the molecule is CCCCCC/C=C\C=C/CCCCCCCC(=O)O[C@H](COC(=O)CCCCCCCCCCCCCCC)COP(=O)(O)OC[C@H](O)COP(=O)(O)OC[C@@H](COC(=O)CCCCCCCCCCCCCCCCCC(C)C)OC(=O)CCCCCCCCCCCCCCCCCCCCC. The molecule has 0 aromatic rings. The second-order valence-electron chi connectivity index (χ2n) is 30.7. The van der Waals surface area contributed by atoms with E-state index < -0.39 is 97.5 Å². The molecule has 0 saturated heterocycles. The Morgan fingerprint density at radius 2 is 0.514 bits per heavy atom. The van der Waals surface area contributed by atoms with Gasteiger partial charge >= 0.3 is 39.5 Å². The summed E-state index contributed by atoms with van der Waals surface area (Å²) in [6, 6.07) is 0. The van der Waals surface area contributed by atoms with Gasteiger partial charge in [-0.25, -0.2) is 9.13 Å². The summed E-state index contributed by atoms with van der Waals surface area (Å²) >= 11 is 0. The standard InChI is InChI=1S/C86H164O17P2/c1-6-9-12-15-18-21-24-27-29-30-31-32-36-42-47-52-57-62-67-72-86(91)103-82(76-97-84(89)70-65-60-55-50-45-40-37-33-35-39-43-48-53-58-63-68-79(4)5)78-101-105(94,95)99-74-80(87)73-98-104(92,93)100-77-81(75-96-83(88)69-64-59-54-49-44-38-26-23-20-17-14-11-8-3)102-85(90)71-66-61-56-51-46-41-34-28-25-22-19-16-13-10-7-2/h22,25,28,34,79-82,87H,6-21,23-24,26-27,29-33,35-78H2,1-5H3,(H,92,93)(H,94,95)/b25-22-,34-28-/t80-,81+,82+/m0/s1. The van der Waals surface area contributed by atoms with Crippen molar-refractivity contribution >= 4 is 39.5 Å². The molecule has 2 unspecified atom stereocenters. The summed E-state index contributed by atoms with van der Waals surface area (Å²) in [7, 11) is -9.94. The molecular formula is C86H164O17P2. The molecule has 0 fully saturated rings. The molecule has 19 heteroatoms. The molecule has 0 amide bonds. The number of phosphoric acid groups is 2. The second-order valence-corrected chi connectivity index (χ2v) is 33.6. The molecule has 620 valence electrons. The average molecular weight is 1530 g/mol. The molecule has 105 heavy (non-hydrogen) atoms. The normalized spacial score (nSPS) is 13.9. The summed E-state index contributed by atoms with van der Waals surface area (Å²) < 4.78 is 68.9. The Morgan fingerprint density at radius 3 is 0.781 bits per heavy atom. The number of carbonyl (C=O) groups excluding carboxylic acids is 4. The fraction of sp³-hybridized carbons (Fsp3) is 0.907. The Labute approximate surface area is 643 Å². The highest BCUT2D eigenvalue weighted by atomic mass is 31.2. The smallest absolute Gasteiger partial charge is 0.462 e. The molecule has 0 aliphatic rings. The molecule has 0 aromatic heterocycles. The maximum Gasteiger partial charge on any atom is 0.472 e. The van der Waals surface area contributed by atoms with Crippen molar-refractivity contribution in [1.82, 2.24) is 0 Å². The van der Waals surface area contributed by atoms with Crippen LogP contribution in [0.4, 0.5) is 0 Å². The van der Waals surface area contributed by atoms with Crippen LogP contribution < -0.4 is 0 Å². The van der Waals surface area contributed by atoms with Gasteiger partial charge in [0.25, 0.3) is 0 Å². The van der Waals surface area contributed by atoms with E-state index in [0.717, 1.165) is 109 Å². The van der Waals surface area contributed by atoms with E-state index in [0.29, 0.717) is 25.7 Å². The third-order valence-corrected chi connectivity index (χ3v) is 21.6. The van der Waals surface area contributed by atoms with Gasteiger partial charge in [-0.1, -0.05) is 386 Å². The molecule has 0 aromatic carbocycles. The van der Waals surface area contributed by atoms with Gasteiger partial charge < -0.3 is 33.8 Å². The molecule has 0 radical (unpaired) electrons. The van der Waals surface area contributed by atoms with Crippen LogP contribution in [-0.2, 0) is 65.4 Å². The lowest BCUT2D eigenvalue weighted by molar-refractivity contribution is -0.161. The van der Waals surface area contributed by atoms with E-state index in [-0.39, 0.29) is 25.7 Å². The van der Waals surface area contributed by atoms with Crippen molar-refractivity contribution < 1.29 is 80.2 Å². The van der Waals surface area contributed by atoms with Crippen molar-refractivity contribution in [3.8, 4) is 0 Å². The highest BCUT2D eigenvalue weighted by molar-refractivity contribution is 7.47. The number of unbranched alkanes of at least 4 members (excludes halogenated alkanes) is 53. The van der Waals surface area contributed by atoms with Gasteiger partial charge in [0.15, 0.2) is 12.2 Å². The van der Waals surface area contributed by atoms with Crippen LogP contribution >= 0.6 is 15.6 Å². The summed E-state index contributed by atoms with van der Waals surface area (Å²) in [4.78, 5) is 73.2. The minimum absolute atomic E-state index is 0.0859. The van der Waals surface area contributed by atoms with E-state index in [1.807, 2.05) is 0 Å². The maximum absolute atomic E-state index is 13.1. The zero-order valence-corrected chi connectivity index (χ0v) is 70.1. The van der Waals surface area contributed by atoms with Crippen LogP contribution in [0.1, 0.15) is 439 Å². The lowest BCUT2D eigenvalue weighted by Crippen LogP contribution is -2.30. The number of hydrogen-bond acceptors (Lipinski definition) is 15. The number of ether oxygens (including phenoxy) is 4. The van der Waals surface area contributed by atoms with E-state index >= 15 is 0 Å². The first-order valence-corrected chi connectivity index (χ1v) is 46.9. The number of allylic oxidation sites excluding steroid dienone is 4. The number of hydrogen-bond donors (Lipinski definition) is 3. The van der Waals surface area contributed by atoms with E-state index in [1.165, 1.54) is 250 Å². The van der Waals surface area contributed by atoms with Crippen molar-refractivity contribution in [1.29, 1.82) is 0 Å². The van der Waals surface area contributed by atoms with Crippen LogP contribution in [0.5, 0.6) is 0 Å². The molecule has 0 heterocycles. The number of carbonyl (C=O) groups is 4. The number of aliphatic hydroxyl groups is 1.